The number of allylic oxidation sites excluding steroid dienone is 4. The molecule has 0 bridgehead atoms. The van der Waals surface area contributed by atoms with Crippen molar-refractivity contribution < 1.29 is 28.3 Å². The topological polar surface area (TPSA) is 96.0 Å². The van der Waals surface area contributed by atoms with E-state index in [1.165, 1.54) is 30.4 Å². The number of amides is 2. The number of anilines is 2. The number of halogens is 3. The minimum absolute atomic E-state index is 0.0741. The van der Waals surface area contributed by atoms with Gasteiger partial charge in [-0.25, -0.2) is 9.18 Å². The first kappa shape index (κ1) is 30.2. The second kappa shape index (κ2) is 11.6. The molecular formula is C33H30Cl2FN3O5. The lowest BCUT2D eigenvalue weighted by Crippen LogP contribution is -2.55. The fourth-order valence-electron chi connectivity index (χ4n) is 6.90. The van der Waals surface area contributed by atoms with Gasteiger partial charge in [-0.15, -0.1) is 0 Å². The Hall–Kier alpha value is -3.79. The molecule has 228 valence electrons. The third-order valence-corrected chi connectivity index (χ3v) is 9.23. The minimum atomic E-state index is -1.47. The molecule has 3 aliphatic heterocycles. The predicted molar refractivity (Wildman–Crippen MR) is 165 cm³/mol. The van der Waals surface area contributed by atoms with Gasteiger partial charge in [-0.1, -0.05) is 41.9 Å². The van der Waals surface area contributed by atoms with Crippen molar-refractivity contribution in [3.8, 4) is 0 Å². The van der Waals surface area contributed by atoms with Gasteiger partial charge in [0.2, 0.25) is 11.8 Å². The van der Waals surface area contributed by atoms with E-state index in [0.29, 0.717) is 34.4 Å². The number of nitrogens with zero attached hydrogens (tertiary/aromatic N) is 2. The van der Waals surface area contributed by atoms with E-state index < -0.39 is 46.9 Å². The molecule has 11 heteroatoms. The van der Waals surface area contributed by atoms with Crippen LogP contribution in [0.4, 0.5) is 15.8 Å². The Morgan fingerprint density at radius 3 is 2.57 bits per heavy atom. The van der Waals surface area contributed by atoms with Gasteiger partial charge in [-0.3, -0.25) is 19.3 Å². The highest BCUT2D eigenvalue weighted by atomic mass is 35.5. The molecule has 1 spiro atoms. The van der Waals surface area contributed by atoms with Gasteiger partial charge in [-0.2, -0.15) is 0 Å². The fourth-order valence-corrected chi connectivity index (χ4v) is 7.14. The maximum absolute atomic E-state index is 16.6. The van der Waals surface area contributed by atoms with Crippen molar-refractivity contribution in [2.45, 2.75) is 31.3 Å². The molecule has 0 aromatic heterocycles. The van der Waals surface area contributed by atoms with Crippen LogP contribution in [0, 0.1) is 17.8 Å². The van der Waals surface area contributed by atoms with Crippen molar-refractivity contribution in [1.82, 2.24) is 4.90 Å². The Bertz CT molecular complexity index is 1640. The Labute approximate surface area is 264 Å². The number of nitrogens with one attached hydrogen (secondary N) is 1. The molecule has 3 heterocycles. The normalized spacial score (nSPS) is 26.3. The monoisotopic (exact) mass is 637 g/mol. The number of fused-ring (bicyclic) bond motifs is 3. The van der Waals surface area contributed by atoms with Gasteiger partial charge in [0.05, 0.1) is 18.4 Å². The molecule has 4 atom stereocenters. The lowest BCUT2D eigenvalue weighted by atomic mass is 9.74. The van der Waals surface area contributed by atoms with Crippen LogP contribution in [-0.2, 0) is 24.7 Å². The largest absolute Gasteiger partial charge is 0.460 e. The van der Waals surface area contributed by atoms with E-state index in [-0.39, 0.29) is 29.7 Å². The van der Waals surface area contributed by atoms with Crippen molar-refractivity contribution in [1.29, 1.82) is 0 Å². The summed E-state index contributed by atoms with van der Waals surface area (Å²) in [5, 5.41) is 3.56. The summed E-state index contributed by atoms with van der Waals surface area (Å²) in [6, 6.07) is 10.7. The van der Waals surface area contributed by atoms with Crippen LogP contribution in [0.1, 0.15) is 35.7 Å². The Balaban J connectivity index is 1.43. The van der Waals surface area contributed by atoms with E-state index in [1.807, 2.05) is 4.90 Å². The lowest BCUT2D eigenvalue weighted by molar-refractivity contribution is -0.137. The zero-order valence-electron chi connectivity index (χ0n) is 23.9. The van der Waals surface area contributed by atoms with Crippen LogP contribution >= 0.6 is 23.2 Å². The number of carbonyl (C=O) groups excluding carboxylic acids is 4. The summed E-state index contributed by atoms with van der Waals surface area (Å²) in [6.07, 6.45) is 6.06. The van der Waals surface area contributed by atoms with Gasteiger partial charge in [0.1, 0.15) is 11.4 Å². The van der Waals surface area contributed by atoms with E-state index in [4.69, 9.17) is 27.9 Å². The van der Waals surface area contributed by atoms with Gasteiger partial charge in [0, 0.05) is 51.7 Å². The standard InChI is InChI=1S/C33H30Cl2FN3O5/c1-3-44-31(42)29(40)20-9-12-22(13-10-20)38-17-26-27(30(38)41)28(24(36)6-4-5-18(2)34)33(39(26)16-19-7-8-19)23-14-11-21(35)15-25(23)37-32(33)43/h4-6,9-15,19,26-28H,2-3,7-8,16-17H2,1H3,(H,37,43)/b5-4-,24-6-/t26-,27+,28-,33+/m0/s1. The number of Topliss-reactive ketones (excluding diaryl/α,β-unsaturated/α-hetero) is 1. The molecular weight excluding hydrogens is 608 g/mol. The van der Waals surface area contributed by atoms with Crippen LogP contribution in [-0.4, -0.2) is 54.2 Å². The molecule has 4 aliphatic rings. The van der Waals surface area contributed by atoms with Crippen molar-refractivity contribution in [3.63, 3.8) is 0 Å². The van der Waals surface area contributed by atoms with Crippen molar-refractivity contribution in [3.05, 3.63) is 94.3 Å². The SMILES string of the molecule is C=C(Cl)/C=C\C=C(/F)[C@H]1[C@@H]2C(=O)N(c3ccc(C(=O)C(=O)OCC)cc3)C[C@@H]2N(CC2CC2)[C@@]12C(=O)Nc1cc(Cl)ccc12. The molecule has 2 amide bonds. The molecule has 1 saturated carbocycles. The molecule has 2 saturated heterocycles. The fraction of sp³-hybridized carbons (Fsp3) is 0.333. The summed E-state index contributed by atoms with van der Waals surface area (Å²) < 4.78 is 21.4. The molecule has 44 heavy (non-hydrogen) atoms. The van der Waals surface area contributed by atoms with E-state index in [1.54, 1.807) is 42.2 Å². The summed E-state index contributed by atoms with van der Waals surface area (Å²) in [5.41, 5.74) is 0.238. The van der Waals surface area contributed by atoms with Crippen LogP contribution < -0.4 is 10.2 Å². The number of esters is 1. The Morgan fingerprint density at radius 1 is 1.18 bits per heavy atom. The van der Waals surface area contributed by atoms with E-state index in [9.17, 15) is 19.2 Å². The van der Waals surface area contributed by atoms with Crippen molar-refractivity contribution in [2.24, 2.45) is 17.8 Å². The lowest BCUT2D eigenvalue weighted by Gasteiger charge is -2.40. The zero-order chi connectivity index (χ0) is 31.3. The predicted octanol–water partition coefficient (Wildman–Crippen LogP) is 5.77. The quantitative estimate of drug-likeness (QED) is 0.162. The van der Waals surface area contributed by atoms with E-state index in [0.717, 1.165) is 12.8 Å². The minimum Gasteiger partial charge on any atom is -0.460 e. The number of carbonyl (C=O) groups is 4. The van der Waals surface area contributed by atoms with E-state index >= 15 is 4.39 Å². The molecule has 0 unspecified atom stereocenters. The van der Waals surface area contributed by atoms with Gasteiger partial charge in [-0.05, 0) is 74.2 Å². The van der Waals surface area contributed by atoms with Crippen molar-refractivity contribution in [2.75, 3.05) is 29.9 Å². The van der Waals surface area contributed by atoms with Gasteiger partial charge in [0.25, 0.3) is 5.78 Å². The number of ether oxygens (including phenoxy) is 1. The third-order valence-electron chi connectivity index (χ3n) is 8.87. The van der Waals surface area contributed by atoms with Gasteiger partial charge < -0.3 is 15.0 Å². The second-order valence-electron chi connectivity index (χ2n) is 11.5. The Kier molecular flexibility index (Phi) is 7.98. The van der Waals surface area contributed by atoms with E-state index in [2.05, 4.69) is 11.9 Å². The van der Waals surface area contributed by atoms with Crippen LogP contribution in [0.2, 0.25) is 5.02 Å². The summed E-state index contributed by atoms with van der Waals surface area (Å²) in [7, 11) is 0. The molecule has 2 aromatic rings. The van der Waals surface area contributed by atoms with Crippen LogP contribution in [0.15, 0.2) is 78.1 Å². The first-order valence-electron chi connectivity index (χ1n) is 14.5. The average Bonchev–Trinajstić information content (AvgIpc) is 3.61. The molecule has 1 N–H and O–H groups in total. The average molecular weight is 639 g/mol. The van der Waals surface area contributed by atoms with Crippen molar-refractivity contribution >= 4 is 58.1 Å². The summed E-state index contributed by atoms with van der Waals surface area (Å²) in [6.45, 7) is 6.01. The van der Waals surface area contributed by atoms with Crippen LogP contribution in [0.5, 0.6) is 0 Å². The number of hydrogen-bond acceptors (Lipinski definition) is 6. The highest BCUT2D eigenvalue weighted by Crippen LogP contribution is 2.60. The summed E-state index contributed by atoms with van der Waals surface area (Å²) >= 11 is 12.1. The summed E-state index contributed by atoms with van der Waals surface area (Å²) in [4.78, 5) is 56.4. The highest BCUT2D eigenvalue weighted by Gasteiger charge is 2.71. The molecule has 2 aromatic carbocycles. The number of likely N-dealkylation sites (tertiary alicyclic amines) is 1. The first-order chi connectivity index (χ1) is 21.1. The van der Waals surface area contributed by atoms with Gasteiger partial charge in [0.15, 0.2) is 0 Å². The van der Waals surface area contributed by atoms with Crippen LogP contribution in [0.25, 0.3) is 0 Å². The molecule has 6 rings (SSSR count). The third kappa shape index (κ3) is 4.97. The molecule has 3 fully saturated rings. The Morgan fingerprint density at radius 2 is 1.91 bits per heavy atom. The number of ketones is 1. The maximum Gasteiger partial charge on any atom is 0.379 e. The van der Waals surface area contributed by atoms with Gasteiger partial charge >= 0.3 is 5.97 Å². The maximum atomic E-state index is 16.6. The molecule has 1 aliphatic carbocycles. The highest BCUT2D eigenvalue weighted by molar-refractivity contribution is 6.40. The molecule has 0 radical (unpaired) electrons. The zero-order valence-corrected chi connectivity index (χ0v) is 25.4. The smallest absolute Gasteiger partial charge is 0.379 e. The molecule has 8 nitrogen and oxygen atoms in total. The van der Waals surface area contributed by atoms with Crippen LogP contribution in [0.3, 0.4) is 0 Å². The first-order valence-corrected chi connectivity index (χ1v) is 15.2. The number of hydrogen-bond donors (Lipinski definition) is 1. The summed E-state index contributed by atoms with van der Waals surface area (Å²) in [5.74, 6) is -4.84. The number of rotatable bonds is 9. The second-order valence-corrected chi connectivity index (χ2v) is 12.4. The number of benzene rings is 2.